The number of amides is 1. The Balaban J connectivity index is 1.74. The van der Waals surface area contributed by atoms with Gasteiger partial charge >= 0.3 is 0 Å². The summed E-state index contributed by atoms with van der Waals surface area (Å²) in [6.07, 6.45) is 1.18. The van der Waals surface area contributed by atoms with Gasteiger partial charge in [-0.3, -0.25) is 4.79 Å². The van der Waals surface area contributed by atoms with Crippen molar-refractivity contribution >= 4 is 15.9 Å². The number of hydrogen-bond donors (Lipinski definition) is 1. The molecule has 2 aromatic rings. The van der Waals surface area contributed by atoms with Crippen molar-refractivity contribution in [2.45, 2.75) is 20.0 Å². The van der Waals surface area contributed by atoms with Crippen LogP contribution < -0.4 is 10.1 Å². The van der Waals surface area contributed by atoms with Crippen LogP contribution in [0.4, 0.5) is 0 Å². The van der Waals surface area contributed by atoms with Crippen LogP contribution in [0.1, 0.15) is 27.0 Å². The lowest BCUT2D eigenvalue weighted by Crippen LogP contribution is -2.31. The van der Waals surface area contributed by atoms with Crippen LogP contribution in [0.3, 0.4) is 0 Å². The summed E-state index contributed by atoms with van der Waals surface area (Å²) in [6.45, 7) is 3.23. The van der Waals surface area contributed by atoms with E-state index in [0.717, 1.165) is 5.56 Å². The monoisotopic (exact) mass is 374 g/mol. The van der Waals surface area contributed by atoms with Gasteiger partial charge in [-0.15, -0.1) is 0 Å². The molecular formula is C19H22N2O4S. The highest BCUT2D eigenvalue weighted by Crippen LogP contribution is 2.25. The molecule has 1 amide bonds. The van der Waals surface area contributed by atoms with Gasteiger partial charge in [0.05, 0.1) is 6.26 Å². The van der Waals surface area contributed by atoms with Gasteiger partial charge < -0.3 is 10.1 Å². The molecule has 0 unspecified atom stereocenters. The van der Waals surface area contributed by atoms with Crippen molar-refractivity contribution in [1.82, 2.24) is 9.62 Å². The Bertz CT molecular complexity index is 908. The van der Waals surface area contributed by atoms with Gasteiger partial charge in [0.25, 0.3) is 5.91 Å². The lowest BCUT2D eigenvalue weighted by molar-refractivity contribution is 0.0950. The normalized spacial score (nSPS) is 14.8. The van der Waals surface area contributed by atoms with E-state index < -0.39 is 10.0 Å². The van der Waals surface area contributed by atoms with Gasteiger partial charge in [0.15, 0.2) is 0 Å². The van der Waals surface area contributed by atoms with Crippen molar-refractivity contribution in [3.05, 3.63) is 64.7 Å². The molecule has 0 saturated heterocycles. The molecule has 7 heteroatoms. The second-order valence-corrected chi connectivity index (χ2v) is 8.42. The van der Waals surface area contributed by atoms with Crippen LogP contribution >= 0.6 is 0 Å². The molecule has 0 radical (unpaired) electrons. The maximum Gasteiger partial charge on any atom is 0.251 e. The summed E-state index contributed by atoms with van der Waals surface area (Å²) in [7, 11) is -3.32. The predicted molar refractivity (Wildman–Crippen MR) is 99.5 cm³/mol. The van der Waals surface area contributed by atoms with E-state index in [0.29, 0.717) is 36.6 Å². The predicted octanol–water partition coefficient (Wildman–Crippen LogP) is 2.08. The topological polar surface area (TPSA) is 75.7 Å². The van der Waals surface area contributed by atoms with Gasteiger partial charge in [0.2, 0.25) is 10.0 Å². The lowest BCUT2D eigenvalue weighted by atomic mass is 10.1. The van der Waals surface area contributed by atoms with E-state index in [2.05, 4.69) is 5.32 Å². The minimum absolute atomic E-state index is 0.202. The fourth-order valence-electron chi connectivity index (χ4n) is 2.78. The number of rotatable bonds is 4. The molecule has 26 heavy (non-hydrogen) atoms. The van der Waals surface area contributed by atoms with Crippen LogP contribution in [0.25, 0.3) is 0 Å². The first-order valence-electron chi connectivity index (χ1n) is 8.37. The third-order valence-electron chi connectivity index (χ3n) is 4.31. The second-order valence-electron chi connectivity index (χ2n) is 6.44. The highest BCUT2D eigenvalue weighted by atomic mass is 32.2. The van der Waals surface area contributed by atoms with E-state index >= 15 is 0 Å². The summed E-state index contributed by atoms with van der Waals surface area (Å²) in [5.74, 6) is 0.412. The van der Waals surface area contributed by atoms with Crippen molar-refractivity contribution in [3.63, 3.8) is 0 Å². The fourth-order valence-corrected chi connectivity index (χ4v) is 3.56. The molecule has 0 spiro atoms. The molecule has 1 heterocycles. The Kier molecular flexibility index (Phi) is 5.29. The van der Waals surface area contributed by atoms with E-state index in [1.54, 1.807) is 18.2 Å². The minimum Gasteiger partial charge on any atom is -0.492 e. The van der Waals surface area contributed by atoms with Crippen LogP contribution in [0, 0.1) is 6.92 Å². The van der Waals surface area contributed by atoms with E-state index in [-0.39, 0.29) is 12.5 Å². The summed E-state index contributed by atoms with van der Waals surface area (Å²) < 4.78 is 30.6. The number of fused-ring (bicyclic) bond motifs is 1. The number of benzene rings is 2. The maximum absolute atomic E-state index is 12.5. The van der Waals surface area contributed by atoms with E-state index in [9.17, 15) is 13.2 Å². The average Bonchev–Trinajstić information content (AvgIpc) is 2.82. The number of carbonyl (C=O) groups excluding carboxylic acids is 1. The maximum atomic E-state index is 12.5. The van der Waals surface area contributed by atoms with E-state index in [4.69, 9.17) is 4.74 Å². The Labute approximate surface area is 153 Å². The van der Waals surface area contributed by atoms with E-state index in [1.807, 2.05) is 31.2 Å². The molecule has 0 aromatic heterocycles. The molecule has 1 N–H and O–H groups in total. The SMILES string of the molecule is Cc1ccc(CNC(=O)c2ccc3c(c2)CN(S(C)(=O)=O)CCO3)cc1. The molecule has 2 aromatic carbocycles. The highest BCUT2D eigenvalue weighted by Gasteiger charge is 2.23. The van der Waals surface area contributed by atoms with Crippen LogP contribution in [0.15, 0.2) is 42.5 Å². The Morgan fingerprint density at radius 2 is 1.92 bits per heavy atom. The zero-order valence-electron chi connectivity index (χ0n) is 14.9. The zero-order chi connectivity index (χ0) is 18.7. The molecule has 1 aliphatic rings. The number of carbonyl (C=O) groups is 1. The first kappa shape index (κ1) is 18.4. The summed E-state index contributed by atoms with van der Waals surface area (Å²) in [5, 5.41) is 2.89. The number of sulfonamides is 1. The van der Waals surface area contributed by atoms with Crippen LogP contribution in [0.5, 0.6) is 5.75 Å². The van der Waals surface area contributed by atoms with Gasteiger partial charge in [0, 0.05) is 30.8 Å². The number of aryl methyl sites for hydroxylation is 1. The van der Waals surface area contributed by atoms with Gasteiger partial charge in [-0.25, -0.2) is 8.42 Å². The standard InChI is InChI=1S/C19H22N2O4S/c1-14-3-5-15(6-4-14)12-20-19(22)16-7-8-18-17(11-16)13-21(9-10-25-18)26(2,23)24/h3-8,11H,9-10,12-13H2,1-2H3,(H,20,22). The van der Waals surface area contributed by atoms with Gasteiger partial charge in [-0.2, -0.15) is 4.31 Å². The summed E-state index contributed by atoms with van der Waals surface area (Å²) in [5.41, 5.74) is 3.36. The highest BCUT2D eigenvalue weighted by molar-refractivity contribution is 7.88. The van der Waals surface area contributed by atoms with Gasteiger partial charge in [-0.1, -0.05) is 29.8 Å². The molecule has 0 saturated carbocycles. The molecule has 0 aliphatic carbocycles. The van der Waals surface area contributed by atoms with Gasteiger partial charge in [-0.05, 0) is 30.7 Å². The first-order valence-corrected chi connectivity index (χ1v) is 10.2. The zero-order valence-corrected chi connectivity index (χ0v) is 15.7. The lowest BCUT2D eigenvalue weighted by Gasteiger charge is -2.16. The molecular weight excluding hydrogens is 352 g/mol. The quantitative estimate of drug-likeness (QED) is 0.889. The molecule has 3 rings (SSSR count). The number of hydrogen-bond acceptors (Lipinski definition) is 4. The Hall–Kier alpha value is -2.38. The average molecular weight is 374 g/mol. The number of nitrogens with one attached hydrogen (secondary N) is 1. The minimum atomic E-state index is -3.32. The largest absolute Gasteiger partial charge is 0.492 e. The number of nitrogens with zero attached hydrogens (tertiary/aromatic N) is 1. The third kappa shape index (κ3) is 4.42. The van der Waals surface area contributed by atoms with Gasteiger partial charge in [0.1, 0.15) is 12.4 Å². The van der Waals surface area contributed by atoms with Crippen molar-refractivity contribution in [3.8, 4) is 5.75 Å². The molecule has 1 aliphatic heterocycles. The summed E-state index contributed by atoms with van der Waals surface area (Å²) >= 11 is 0. The van der Waals surface area contributed by atoms with Crippen molar-refractivity contribution in [1.29, 1.82) is 0 Å². The Morgan fingerprint density at radius 3 is 2.62 bits per heavy atom. The fraction of sp³-hybridized carbons (Fsp3) is 0.316. The molecule has 6 nitrogen and oxygen atoms in total. The summed E-state index contributed by atoms with van der Waals surface area (Å²) in [4.78, 5) is 12.5. The second kappa shape index (κ2) is 7.47. The molecule has 138 valence electrons. The van der Waals surface area contributed by atoms with Crippen LogP contribution in [0.2, 0.25) is 0 Å². The Morgan fingerprint density at radius 1 is 1.19 bits per heavy atom. The molecule has 0 fully saturated rings. The van der Waals surface area contributed by atoms with E-state index in [1.165, 1.54) is 16.1 Å². The molecule has 0 atom stereocenters. The van der Waals surface area contributed by atoms with Crippen LogP contribution in [-0.4, -0.2) is 38.0 Å². The number of ether oxygens (including phenoxy) is 1. The summed E-state index contributed by atoms with van der Waals surface area (Å²) in [6, 6.07) is 13.1. The molecule has 0 bridgehead atoms. The van der Waals surface area contributed by atoms with Crippen molar-refractivity contribution in [2.24, 2.45) is 0 Å². The first-order chi connectivity index (χ1) is 12.3. The smallest absolute Gasteiger partial charge is 0.251 e. The van der Waals surface area contributed by atoms with Crippen molar-refractivity contribution < 1.29 is 17.9 Å². The van der Waals surface area contributed by atoms with Crippen molar-refractivity contribution in [2.75, 3.05) is 19.4 Å². The third-order valence-corrected chi connectivity index (χ3v) is 5.56. The van der Waals surface area contributed by atoms with Crippen LogP contribution in [-0.2, 0) is 23.1 Å².